The maximum absolute atomic E-state index is 4.73. The van der Waals surface area contributed by atoms with Gasteiger partial charge in [0.15, 0.2) is 0 Å². The Morgan fingerprint density at radius 3 is 1.29 bits per heavy atom. The summed E-state index contributed by atoms with van der Waals surface area (Å²) < 4.78 is 6.34. The number of hydrogen-bond acceptors (Lipinski definition) is 0. The van der Waals surface area contributed by atoms with Gasteiger partial charge in [0.25, 0.3) is 0 Å². The molecule has 1 aliphatic carbocycles. The molecule has 0 saturated heterocycles. The summed E-state index contributed by atoms with van der Waals surface area (Å²) in [4.78, 5) is 0. The number of fused-ring (bicyclic) bond motifs is 16. The average Bonchev–Trinajstić information content (AvgIpc) is 4.23. The van der Waals surface area contributed by atoms with Crippen LogP contribution in [0.5, 0.6) is 0 Å². The minimum absolute atomic E-state index is 0.0383. The van der Waals surface area contributed by atoms with Gasteiger partial charge in [-0.25, -0.2) is 0 Å². The Morgan fingerprint density at radius 2 is 0.769 bits per heavy atom. The Balaban J connectivity index is 1.20. The molecule has 0 unspecified atom stereocenters. The molecule has 3 heterocycles. The van der Waals surface area contributed by atoms with Crippen molar-refractivity contribution < 1.29 is 0 Å². The quantitative estimate of drug-likeness (QED) is 0.167. The maximum atomic E-state index is 4.73. The fraction of sp³-hybridized carbons (Fsp3) is 0.227. The van der Waals surface area contributed by atoms with Crippen LogP contribution in [0.3, 0.4) is 0 Å². The maximum Gasteiger partial charge on any atom is 0.0755 e. The lowest BCUT2D eigenvalue weighted by Gasteiger charge is -2.41. The van der Waals surface area contributed by atoms with Gasteiger partial charge in [-0.15, -0.1) is 0 Å². The highest BCUT2D eigenvalue weighted by Crippen LogP contribution is 2.64. The van der Waals surface area contributed by atoms with Crippen LogP contribution in [0.1, 0.15) is 128 Å². The van der Waals surface area contributed by atoms with E-state index in [1.165, 1.54) is 138 Å². The third-order valence-corrected chi connectivity index (χ3v) is 18.5. The van der Waals surface area contributed by atoms with Crippen LogP contribution in [0.4, 0.5) is 0 Å². The van der Waals surface area contributed by atoms with Crippen LogP contribution in [0.2, 0.25) is 0 Å². The summed E-state index contributed by atoms with van der Waals surface area (Å²) in [5, 5.41) is 7.55. The average molecular weight is 1080 g/mol. The van der Waals surface area contributed by atoms with Gasteiger partial charge >= 0.3 is 0 Å². The smallest absolute Gasteiger partial charge is 0.0755 e. The Labute approximate surface area is 468 Å². The zero-order valence-corrected chi connectivity index (χ0v) is 48.8. The first kappa shape index (κ1) is 48.9. The van der Waals surface area contributed by atoms with E-state index in [-0.39, 0.29) is 21.7 Å². The predicted octanol–water partition coefficient (Wildman–Crippen LogP) is 21.0. The molecule has 10 aromatic carbocycles. The number of hydrogen-bond donors (Lipinski definition) is 0. The summed E-state index contributed by atoms with van der Waals surface area (Å²) in [6.07, 6.45) is 0. The highest BCUT2D eigenvalue weighted by Gasteiger charge is 2.52. The van der Waals surface area contributed by atoms with E-state index >= 15 is 0 Å². The predicted molar refractivity (Wildman–Crippen MR) is 337 cm³/mol. The van der Waals surface area contributed by atoms with Gasteiger partial charge in [0.2, 0.25) is 0 Å². The third kappa shape index (κ3) is 6.99. The normalized spacial score (nSPS) is 14.1. The lowest BCUT2D eigenvalue weighted by molar-refractivity contribution is 0.588. The summed E-state index contributed by atoms with van der Waals surface area (Å²) in [5.41, 5.74) is 24.2. The molecule has 0 atom stereocenters. The van der Waals surface area contributed by atoms with Gasteiger partial charge in [0.05, 0.1) is 43.3 Å². The van der Waals surface area contributed by atoms with Crippen molar-refractivity contribution in [3.05, 3.63) is 237 Å². The SMILES string of the molecule is CC(C)(C)c1ccc2c(c1)c1cc(C(C)(C)C)ccc1n2-c1c(-c2ccc3cc(-c4ccccc4)ccc3c2)cc2c(c1Br)-n1c3ccc(C(C)(C)C)cc3c3cc(C(C)(C)C)cc(c31)C21c2ccccc2-c2ccccc21. The molecule has 0 bridgehead atoms. The van der Waals surface area contributed by atoms with E-state index in [2.05, 4.69) is 280 Å². The van der Waals surface area contributed by atoms with Crippen molar-refractivity contribution in [2.45, 2.75) is 110 Å². The van der Waals surface area contributed by atoms with E-state index in [1.54, 1.807) is 0 Å². The summed E-state index contributed by atoms with van der Waals surface area (Å²) in [6.45, 7) is 28.2. The third-order valence-electron chi connectivity index (χ3n) is 17.8. The summed E-state index contributed by atoms with van der Waals surface area (Å²) in [5.74, 6) is 0. The first-order valence-electron chi connectivity index (χ1n) is 28.0. The number of aromatic nitrogens is 2. The summed E-state index contributed by atoms with van der Waals surface area (Å²) >= 11 is 4.73. The van der Waals surface area contributed by atoms with E-state index in [1.807, 2.05) is 0 Å². The Morgan fingerprint density at radius 1 is 0.321 bits per heavy atom. The second-order valence-electron chi connectivity index (χ2n) is 26.8. The Bertz CT molecular complexity index is 4410. The number of halogens is 1. The minimum atomic E-state index is -0.680. The second-order valence-corrected chi connectivity index (χ2v) is 27.5. The molecule has 2 aromatic heterocycles. The first-order valence-corrected chi connectivity index (χ1v) is 28.8. The van der Waals surface area contributed by atoms with Crippen LogP contribution in [0.15, 0.2) is 193 Å². The molecule has 0 fully saturated rings. The Hall–Kier alpha value is -7.46. The number of benzene rings is 10. The van der Waals surface area contributed by atoms with Crippen LogP contribution in [-0.4, -0.2) is 9.13 Å². The molecule has 3 heteroatoms. The van der Waals surface area contributed by atoms with Crippen LogP contribution in [0, 0.1) is 0 Å². The number of nitrogens with zero attached hydrogens (tertiary/aromatic N) is 2. The van der Waals surface area contributed by atoms with Crippen molar-refractivity contribution >= 4 is 70.3 Å². The van der Waals surface area contributed by atoms with Crippen LogP contribution >= 0.6 is 15.9 Å². The van der Waals surface area contributed by atoms with E-state index in [9.17, 15) is 0 Å². The van der Waals surface area contributed by atoms with E-state index in [4.69, 9.17) is 15.9 Å². The molecule has 2 aliphatic rings. The molecule has 1 aliphatic heterocycles. The van der Waals surface area contributed by atoms with Gasteiger partial charge in [-0.1, -0.05) is 210 Å². The molecule has 0 amide bonds. The lowest BCUT2D eigenvalue weighted by atomic mass is 9.64. The van der Waals surface area contributed by atoms with E-state index in [0.717, 1.165) is 10.2 Å². The van der Waals surface area contributed by atoms with Gasteiger partial charge in [-0.05, 0) is 181 Å². The van der Waals surface area contributed by atoms with Crippen molar-refractivity contribution in [3.8, 4) is 44.8 Å². The van der Waals surface area contributed by atoms with Gasteiger partial charge < -0.3 is 9.13 Å². The van der Waals surface area contributed by atoms with Crippen molar-refractivity contribution in [1.29, 1.82) is 0 Å². The molecule has 0 saturated carbocycles. The van der Waals surface area contributed by atoms with Crippen molar-refractivity contribution in [2.75, 3.05) is 0 Å². The van der Waals surface area contributed by atoms with Crippen molar-refractivity contribution in [3.63, 3.8) is 0 Å². The molecule has 1 spiro atoms. The Kier molecular flexibility index (Phi) is 10.4. The fourth-order valence-corrected chi connectivity index (χ4v) is 14.3. The molecule has 0 radical (unpaired) electrons. The van der Waals surface area contributed by atoms with E-state index in [0.29, 0.717) is 0 Å². The standard InChI is InChI=1S/C75H67BrN2/c1-71(2,3)49-30-33-64-56(38-49)57-39-50(72(4,5)6)31-34-65(57)77(64)69-55(48-29-28-46-36-45(26-27-47(46)37-48)44-20-14-13-15-21-44)43-63-70(67(69)76)78-66-35-32-51(73(7,8)9)40-58(66)59-41-52(74(10,11)12)42-62(68(59)78)75(63)60-24-18-16-22-53(60)54-23-17-19-25-61(54)75/h13-43H,1-12H3. The van der Waals surface area contributed by atoms with Crippen molar-refractivity contribution in [2.24, 2.45) is 0 Å². The molecule has 78 heavy (non-hydrogen) atoms. The molecule has 2 nitrogen and oxygen atoms in total. The van der Waals surface area contributed by atoms with Crippen LogP contribution in [-0.2, 0) is 27.1 Å². The van der Waals surface area contributed by atoms with Gasteiger partial charge in [-0.2, -0.15) is 0 Å². The lowest BCUT2D eigenvalue weighted by Crippen LogP contribution is -2.34. The van der Waals surface area contributed by atoms with Crippen molar-refractivity contribution in [1.82, 2.24) is 9.13 Å². The zero-order valence-electron chi connectivity index (χ0n) is 47.2. The molecule has 14 rings (SSSR count). The van der Waals surface area contributed by atoms with Gasteiger partial charge in [0, 0.05) is 27.1 Å². The van der Waals surface area contributed by atoms with Crippen LogP contribution < -0.4 is 0 Å². The summed E-state index contributed by atoms with van der Waals surface area (Å²) in [7, 11) is 0. The second kappa shape index (κ2) is 16.5. The minimum Gasteiger partial charge on any atom is -0.307 e. The summed E-state index contributed by atoms with van der Waals surface area (Å²) in [6, 6.07) is 73.0. The number of rotatable bonds is 3. The highest BCUT2D eigenvalue weighted by molar-refractivity contribution is 9.10. The zero-order chi connectivity index (χ0) is 54.2. The molecular weight excluding hydrogens is 1010 g/mol. The van der Waals surface area contributed by atoms with Gasteiger partial charge in [-0.3, -0.25) is 0 Å². The monoisotopic (exact) mass is 1070 g/mol. The molecule has 0 N–H and O–H groups in total. The largest absolute Gasteiger partial charge is 0.307 e. The molecule has 384 valence electrons. The topological polar surface area (TPSA) is 9.86 Å². The molecule has 12 aromatic rings. The van der Waals surface area contributed by atoms with Gasteiger partial charge in [0.1, 0.15) is 0 Å². The fourth-order valence-electron chi connectivity index (χ4n) is 13.5. The van der Waals surface area contributed by atoms with E-state index < -0.39 is 5.41 Å². The first-order chi connectivity index (χ1) is 37.1. The highest BCUT2D eigenvalue weighted by atomic mass is 79.9. The molecular formula is C75H67BrN2. The van der Waals surface area contributed by atoms with Crippen LogP contribution in [0.25, 0.3) is 99.1 Å².